The van der Waals surface area contributed by atoms with Crippen molar-refractivity contribution in [3.05, 3.63) is 75.3 Å². The van der Waals surface area contributed by atoms with Crippen LogP contribution < -0.4 is 41.8 Å². The van der Waals surface area contributed by atoms with Crippen LogP contribution in [0.5, 0.6) is 5.75 Å². The third-order valence-corrected chi connectivity index (χ3v) is 7.43. The minimum absolute atomic E-state index is 0.323. The summed E-state index contributed by atoms with van der Waals surface area (Å²) >= 11 is -0.330. The first kappa shape index (κ1) is 32.5. The number of aliphatic imine (C=N–C) groups is 1. The molecule has 42 heavy (non-hydrogen) atoms. The van der Waals surface area contributed by atoms with Crippen LogP contribution in [0.2, 0.25) is 0 Å². The summed E-state index contributed by atoms with van der Waals surface area (Å²) in [6.45, 7) is 14.7. The molecule has 1 aromatic heterocycles. The zero-order valence-corrected chi connectivity index (χ0v) is 26.8. The number of amides is 1. The number of carbonyl (C=O) groups is 1. The summed E-state index contributed by atoms with van der Waals surface area (Å²) in [6, 6.07) is 5.74. The number of hydrogen-bond donors (Lipinski definition) is 2. The fraction of sp³-hybridized carbons (Fsp3) is 0.323. The summed E-state index contributed by atoms with van der Waals surface area (Å²) < 4.78 is 22.0. The molecule has 2 aromatic rings. The van der Waals surface area contributed by atoms with E-state index >= 15 is 0 Å². The maximum atomic E-state index is 12.5. The summed E-state index contributed by atoms with van der Waals surface area (Å²) in [7, 11) is 0. The van der Waals surface area contributed by atoms with Crippen LogP contribution in [0.1, 0.15) is 39.7 Å². The second-order valence-corrected chi connectivity index (χ2v) is 12.1. The molecule has 0 fully saturated rings. The molecule has 1 aromatic carbocycles. The maximum absolute atomic E-state index is 12.5. The van der Waals surface area contributed by atoms with Crippen LogP contribution in [-0.4, -0.2) is 58.8 Å². The van der Waals surface area contributed by atoms with E-state index in [1.165, 1.54) is 6.21 Å². The number of fused-ring (bicyclic) bond motifs is 1. The van der Waals surface area contributed by atoms with E-state index in [1.54, 1.807) is 23.4 Å². The Labute approximate surface area is 257 Å². The molecule has 0 atom stereocenters. The van der Waals surface area contributed by atoms with Crippen LogP contribution in [0, 0.1) is 12.3 Å². The molecular formula is C31H38IN6O4-. The molecule has 2 heterocycles. The molecule has 0 aliphatic carbocycles. The van der Waals surface area contributed by atoms with E-state index in [0.29, 0.717) is 49.2 Å². The van der Waals surface area contributed by atoms with Gasteiger partial charge in [0, 0.05) is 6.21 Å². The van der Waals surface area contributed by atoms with Crippen LogP contribution in [0.3, 0.4) is 0 Å². The Bertz CT molecular complexity index is 1490. The predicted molar refractivity (Wildman–Crippen MR) is 163 cm³/mol. The first-order valence-corrected chi connectivity index (χ1v) is 16.0. The fourth-order valence-corrected chi connectivity index (χ4v) is 5.32. The van der Waals surface area contributed by atoms with Gasteiger partial charge in [-0.1, -0.05) is 6.58 Å². The molecule has 1 aliphatic heterocycles. The van der Waals surface area contributed by atoms with Gasteiger partial charge in [0.2, 0.25) is 0 Å². The molecule has 0 saturated heterocycles. The number of anilines is 2. The van der Waals surface area contributed by atoms with Crippen LogP contribution in [-0.2, 0) is 9.47 Å². The number of carbonyl (C=O) groups excluding carboxylic acids is 1. The van der Waals surface area contributed by atoms with Crippen molar-refractivity contribution in [1.82, 2.24) is 14.9 Å². The number of allylic oxidation sites excluding steroid dienone is 2. The predicted octanol–water partition coefficient (Wildman–Crippen LogP) is 1.78. The first-order valence-electron chi connectivity index (χ1n) is 13.5. The quantitative estimate of drug-likeness (QED) is 0.0824. The SMILES string of the molecule is C=C/C(=C\C=NC=N)Oc1ccc(Nc2ncnc3c2=C(OCCCN(CC)C(=O)OC(C)(C)C)C=C[I-]C=3)cc1C. The first-order chi connectivity index (χ1) is 20.1. The zero-order valence-electron chi connectivity index (χ0n) is 24.7. The Morgan fingerprint density at radius 1 is 1.29 bits per heavy atom. The molecule has 0 unspecified atom stereocenters. The number of benzene rings is 1. The molecule has 10 nitrogen and oxygen atoms in total. The van der Waals surface area contributed by atoms with E-state index in [0.717, 1.165) is 28.2 Å². The van der Waals surface area contributed by atoms with Crippen molar-refractivity contribution in [1.29, 1.82) is 5.41 Å². The number of nitrogens with one attached hydrogen (secondary N) is 2. The van der Waals surface area contributed by atoms with E-state index in [2.05, 4.69) is 35.0 Å². The average molecular weight is 686 g/mol. The van der Waals surface area contributed by atoms with Gasteiger partial charge in [0.05, 0.1) is 0 Å². The average Bonchev–Trinajstić information content (AvgIpc) is 3.15. The van der Waals surface area contributed by atoms with Crippen molar-refractivity contribution in [3.63, 3.8) is 0 Å². The number of halogens is 1. The van der Waals surface area contributed by atoms with Gasteiger partial charge in [0.25, 0.3) is 0 Å². The second-order valence-electron chi connectivity index (χ2n) is 10.0. The Kier molecular flexibility index (Phi) is 12.3. The number of hydrogen-bond acceptors (Lipinski definition) is 8. The van der Waals surface area contributed by atoms with E-state index in [1.807, 2.05) is 58.9 Å². The molecule has 1 amide bonds. The van der Waals surface area contributed by atoms with Crippen LogP contribution in [0.4, 0.5) is 16.3 Å². The zero-order chi connectivity index (χ0) is 30.5. The third kappa shape index (κ3) is 9.82. The van der Waals surface area contributed by atoms with Crippen molar-refractivity contribution in [3.8, 4) is 5.75 Å². The van der Waals surface area contributed by atoms with Crippen molar-refractivity contribution in [2.24, 2.45) is 4.99 Å². The number of aromatic nitrogens is 2. The Balaban J connectivity index is 1.79. The fourth-order valence-electron chi connectivity index (χ4n) is 3.76. The van der Waals surface area contributed by atoms with Gasteiger partial charge in [-0.25, -0.2) is 4.99 Å². The summed E-state index contributed by atoms with van der Waals surface area (Å²) in [5, 5.41) is 12.0. The third-order valence-electron chi connectivity index (χ3n) is 5.71. The van der Waals surface area contributed by atoms with Crippen LogP contribution in [0.15, 0.2) is 64.2 Å². The molecule has 1 aliphatic rings. The van der Waals surface area contributed by atoms with Gasteiger partial charge in [-0.3, -0.25) is 5.41 Å². The van der Waals surface area contributed by atoms with E-state index in [-0.39, 0.29) is 27.3 Å². The number of aryl methyl sites for hydroxylation is 1. The molecule has 0 bridgehead atoms. The van der Waals surface area contributed by atoms with Crippen molar-refractivity contribution < 1.29 is 40.2 Å². The molecule has 11 heteroatoms. The van der Waals surface area contributed by atoms with Crippen molar-refractivity contribution in [2.75, 3.05) is 25.0 Å². The molecule has 224 valence electrons. The molecule has 3 rings (SSSR count). The molecule has 0 radical (unpaired) electrons. The molecule has 0 saturated carbocycles. The van der Waals surface area contributed by atoms with Gasteiger partial charge < -0.3 is 0 Å². The monoisotopic (exact) mass is 685 g/mol. The second kappa shape index (κ2) is 15.9. The Morgan fingerprint density at radius 2 is 2.10 bits per heavy atom. The normalized spacial score (nSPS) is 13.3. The standard InChI is InChI=1S/C31H38IN6O4/c1-7-24(13-15-34-20-33)41-26-11-10-23(18-22(26)3)37-29-28-25(35-21-36-29)19-32-14-12-27(28)40-17-9-16-38(8-2)30(39)42-31(4,5)6/h7,10-15,18-21,33H,1,8-9,16-17H2,2-6H3,(H,35,36,37)/q-1/b24-13+,33-20?,34-15?. The summed E-state index contributed by atoms with van der Waals surface area (Å²) in [5.74, 6) is 2.50. The van der Waals surface area contributed by atoms with Crippen LogP contribution in [0.25, 0.3) is 9.84 Å². The Morgan fingerprint density at radius 3 is 2.79 bits per heavy atom. The number of rotatable bonds is 13. The summed E-state index contributed by atoms with van der Waals surface area (Å²) in [6.07, 6.45) is 9.50. The van der Waals surface area contributed by atoms with Gasteiger partial charge in [-0.05, 0) is 0 Å². The minimum atomic E-state index is -0.539. The van der Waals surface area contributed by atoms with Crippen molar-refractivity contribution in [2.45, 2.75) is 46.6 Å². The van der Waals surface area contributed by atoms with E-state index < -0.39 is 5.60 Å². The number of ether oxygens (including phenoxy) is 3. The van der Waals surface area contributed by atoms with Gasteiger partial charge in [-0.2, -0.15) is 0 Å². The topological polar surface area (TPSA) is 122 Å². The summed E-state index contributed by atoms with van der Waals surface area (Å²) in [5.41, 5.74) is 1.19. The van der Waals surface area contributed by atoms with Gasteiger partial charge >= 0.3 is 229 Å². The van der Waals surface area contributed by atoms with Gasteiger partial charge in [0.1, 0.15) is 6.34 Å². The van der Waals surface area contributed by atoms with Gasteiger partial charge in [0.15, 0.2) is 0 Å². The van der Waals surface area contributed by atoms with Crippen LogP contribution >= 0.6 is 0 Å². The molecule has 0 spiro atoms. The van der Waals surface area contributed by atoms with Gasteiger partial charge in [-0.15, -0.1) is 0 Å². The van der Waals surface area contributed by atoms with E-state index in [9.17, 15) is 4.79 Å². The van der Waals surface area contributed by atoms with Crippen molar-refractivity contribution >= 4 is 40.0 Å². The number of nitrogens with zero attached hydrogens (tertiary/aromatic N) is 4. The molecule has 2 N–H and O–H groups in total. The Hall–Kier alpha value is -4.00. The summed E-state index contributed by atoms with van der Waals surface area (Å²) in [4.78, 5) is 26.9. The van der Waals surface area contributed by atoms with E-state index in [4.69, 9.17) is 19.6 Å². The molecular weight excluding hydrogens is 647 g/mol.